The molecule has 20 heavy (non-hydrogen) atoms. The third-order valence-corrected chi connectivity index (χ3v) is 1.78. The number of carbonyl (C=O) groups is 3. The van der Waals surface area contributed by atoms with Crippen LogP contribution < -0.4 is 5.73 Å². The highest BCUT2D eigenvalue weighted by Crippen LogP contribution is 1.98. The number of hydrogen-bond acceptors (Lipinski definition) is 5. The van der Waals surface area contributed by atoms with Gasteiger partial charge in [0.2, 0.25) is 5.91 Å². The number of primary amides is 1. The fourth-order valence-electron chi connectivity index (χ4n) is 0.705. The molecule has 0 saturated carbocycles. The van der Waals surface area contributed by atoms with E-state index in [4.69, 9.17) is 0 Å². The lowest BCUT2D eigenvalue weighted by Crippen LogP contribution is -2.04. The van der Waals surface area contributed by atoms with Crippen LogP contribution in [0, 0.1) is 0 Å². The highest BCUT2D eigenvalue weighted by molar-refractivity contribution is 5.85. The lowest BCUT2D eigenvalue weighted by Gasteiger charge is -1.95. The molecule has 6 heteroatoms. The summed E-state index contributed by atoms with van der Waals surface area (Å²) in [4.78, 5) is 29.8. The van der Waals surface area contributed by atoms with Crippen LogP contribution >= 0.6 is 0 Å². The Morgan fingerprint density at radius 2 is 1.55 bits per heavy atom. The number of esters is 2. The topological polar surface area (TPSA) is 95.7 Å². The molecule has 0 aliphatic rings. The third kappa shape index (κ3) is 29.7. The van der Waals surface area contributed by atoms with Crippen molar-refractivity contribution in [2.45, 2.75) is 32.6 Å². The first kappa shape index (κ1) is 23.0. The quantitative estimate of drug-likeness (QED) is 0.456. The first-order valence-corrected chi connectivity index (χ1v) is 6.08. The fourth-order valence-corrected chi connectivity index (χ4v) is 0.705. The molecule has 0 aromatic heterocycles. The van der Waals surface area contributed by atoms with Crippen molar-refractivity contribution >= 4 is 17.8 Å². The van der Waals surface area contributed by atoms with Gasteiger partial charge in [0.05, 0.1) is 14.2 Å². The number of methoxy groups -OCH3 is 2. The second-order valence-corrected chi connectivity index (χ2v) is 3.37. The summed E-state index contributed by atoms with van der Waals surface area (Å²) in [6.45, 7) is 8.35. The lowest BCUT2D eigenvalue weighted by atomic mass is 10.2. The van der Waals surface area contributed by atoms with E-state index in [9.17, 15) is 14.4 Å². The van der Waals surface area contributed by atoms with Crippen LogP contribution in [0.4, 0.5) is 0 Å². The highest BCUT2D eigenvalue weighted by atomic mass is 16.5. The molecule has 0 fully saturated rings. The van der Waals surface area contributed by atoms with E-state index in [1.807, 2.05) is 0 Å². The molecule has 0 unspecified atom stereocenters. The van der Waals surface area contributed by atoms with Gasteiger partial charge in [-0.1, -0.05) is 32.9 Å². The summed E-state index contributed by atoms with van der Waals surface area (Å²) < 4.78 is 8.60. The van der Waals surface area contributed by atoms with Gasteiger partial charge >= 0.3 is 11.9 Å². The molecule has 116 valence electrons. The zero-order chi connectivity index (χ0) is 16.4. The predicted octanol–water partition coefficient (Wildman–Crippen LogP) is 1.74. The number of nitrogens with two attached hydrogens (primary N) is 1. The van der Waals surface area contributed by atoms with E-state index in [0.29, 0.717) is 6.42 Å². The van der Waals surface area contributed by atoms with E-state index < -0.39 is 11.9 Å². The Morgan fingerprint density at radius 1 is 1.05 bits per heavy atom. The van der Waals surface area contributed by atoms with Gasteiger partial charge in [0.25, 0.3) is 0 Å². The number of carbonyl (C=O) groups excluding carboxylic acids is 3. The number of hydrogen-bond donors (Lipinski definition) is 1. The summed E-state index contributed by atoms with van der Waals surface area (Å²) in [5, 5.41) is 0. The molecule has 0 heterocycles. The molecule has 0 atom stereocenters. The van der Waals surface area contributed by atoms with Crippen molar-refractivity contribution in [2.24, 2.45) is 5.73 Å². The van der Waals surface area contributed by atoms with E-state index in [-0.39, 0.29) is 5.97 Å². The Balaban J connectivity index is -0.000000230. The number of ether oxygens (including phenoxy) is 2. The fraction of sp³-hybridized carbons (Fsp3) is 0.500. The maximum Gasteiger partial charge on any atom is 0.329 e. The van der Waals surface area contributed by atoms with Gasteiger partial charge < -0.3 is 15.2 Å². The van der Waals surface area contributed by atoms with E-state index in [2.05, 4.69) is 35.3 Å². The molecular formula is C14H25NO5. The van der Waals surface area contributed by atoms with Gasteiger partial charge in [0.15, 0.2) is 0 Å². The minimum absolute atomic E-state index is 0.0940. The molecule has 2 N–H and O–H groups in total. The molecule has 0 radical (unpaired) electrons. The summed E-state index contributed by atoms with van der Waals surface area (Å²) in [7, 11) is 2.73. The van der Waals surface area contributed by atoms with Gasteiger partial charge in [-0.05, 0) is 12.5 Å². The molecule has 6 nitrogen and oxygen atoms in total. The molecule has 0 aromatic rings. The van der Waals surface area contributed by atoms with Crippen molar-refractivity contribution in [2.75, 3.05) is 14.2 Å². The van der Waals surface area contributed by atoms with Gasteiger partial charge in [-0.25, -0.2) is 4.79 Å². The normalized spacial score (nSPS) is 7.75. The molecular weight excluding hydrogens is 262 g/mol. The lowest BCUT2D eigenvalue weighted by molar-refractivity contribution is -0.140. The van der Waals surface area contributed by atoms with Crippen molar-refractivity contribution in [1.82, 2.24) is 0 Å². The van der Waals surface area contributed by atoms with Gasteiger partial charge in [0.1, 0.15) is 0 Å². The second kappa shape index (κ2) is 19.2. The van der Waals surface area contributed by atoms with Crippen LogP contribution in [0.2, 0.25) is 0 Å². The predicted molar refractivity (Wildman–Crippen MR) is 77.8 cm³/mol. The van der Waals surface area contributed by atoms with Crippen molar-refractivity contribution in [1.29, 1.82) is 0 Å². The second-order valence-electron chi connectivity index (χ2n) is 3.37. The minimum atomic E-state index is -0.481. The molecule has 0 spiro atoms. The summed E-state index contributed by atoms with van der Waals surface area (Å²) in [5.74, 6) is -0.969. The Labute approximate surface area is 120 Å². The van der Waals surface area contributed by atoms with Gasteiger partial charge in [-0.15, -0.1) is 0 Å². The van der Waals surface area contributed by atoms with Crippen molar-refractivity contribution in [3.05, 3.63) is 25.3 Å². The van der Waals surface area contributed by atoms with Crippen LogP contribution in [0.15, 0.2) is 25.3 Å². The Hall–Kier alpha value is -2.11. The van der Waals surface area contributed by atoms with Gasteiger partial charge in [-0.3, -0.25) is 9.59 Å². The highest BCUT2D eigenvalue weighted by Gasteiger charge is 1.96. The van der Waals surface area contributed by atoms with Crippen molar-refractivity contribution in [3.8, 4) is 0 Å². The molecule has 0 saturated heterocycles. The van der Waals surface area contributed by atoms with Crippen LogP contribution in [0.3, 0.4) is 0 Å². The monoisotopic (exact) mass is 287 g/mol. The summed E-state index contributed by atoms with van der Waals surface area (Å²) in [6, 6.07) is 0. The first-order valence-electron chi connectivity index (χ1n) is 6.08. The summed E-state index contributed by atoms with van der Waals surface area (Å²) in [6.07, 6.45) is 5.97. The average Bonchev–Trinajstić information content (AvgIpc) is 2.47. The number of rotatable bonds is 6. The summed E-state index contributed by atoms with van der Waals surface area (Å²) >= 11 is 0. The maximum atomic E-state index is 10.5. The minimum Gasteiger partial charge on any atom is -0.469 e. The summed E-state index contributed by atoms with van der Waals surface area (Å²) in [5.41, 5.74) is 4.53. The van der Waals surface area contributed by atoms with Crippen LogP contribution in [0.25, 0.3) is 0 Å². The van der Waals surface area contributed by atoms with E-state index in [0.717, 1.165) is 31.4 Å². The smallest absolute Gasteiger partial charge is 0.329 e. The van der Waals surface area contributed by atoms with Gasteiger partial charge in [-0.2, -0.15) is 0 Å². The van der Waals surface area contributed by atoms with Crippen LogP contribution in [-0.2, 0) is 23.9 Å². The van der Waals surface area contributed by atoms with Crippen LogP contribution in [0.5, 0.6) is 0 Å². The molecule has 0 aliphatic heterocycles. The van der Waals surface area contributed by atoms with Crippen molar-refractivity contribution in [3.63, 3.8) is 0 Å². The van der Waals surface area contributed by atoms with Crippen LogP contribution in [0.1, 0.15) is 32.6 Å². The zero-order valence-electron chi connectivity index (χ0n) is 12.5. The molecule has 0 aliphatic carbocycles. The Bertz CT molecular complexity index is 300. The van der Waals surface area contributed by atoms with Crippen molar-refractivity contribution < 1.29 is 23.9 Å². The Morgan fingerprint density at radius 3 is 1.75 bits per heavy atom. The number of amides is 1. The molecule has 0 aromatic carbocycles. The third-order valence-electron chi connectivity index (χ3n) is 1.78. The largest absolute Gasteiger partial charge is 0.469 e. The van der Waals surface area contributed by atoms with Crippen LogP contribution in [-0.4, -0.2) is 32.1 Å². The maximum absolute atomic E-state index is 10.5. The number of unbranched alkanes of at least 4 members (excludes halogenated alkanes) is 2. The Kier molecular flexibility index (Phi) is 22.1. The van der Waals surface area contributed by atoms with Gasteiger partial charge in [0, 0.05) is 12.5 Å². The zero-order valence-corrected chi connectivity index (χ0v) is 12.5. The molecule has 0 bridgehead atoms. The van der Waals surface area contributed by atoms with E-state index in [1.165, 1.54) is 14.2 Å². The standard InChI is InChI=1S/C7H14O2.C4H6O2.C3H5NO/c1-3-4-5-6-7(8)9-2;1-3-4(5)6-2;1-2-3(4)5/h3-6H2,1-2H3;3H,1H2,2H3;2H,1H2,(H2,4,5). The van der Waals surface area contributed by atoms with E-state index in [1.54, 1.807) is 0 Å². The SMILES string of the molecule is C=CC(=O)OC.C=CC(N)=O.CCCCCC(=O)OC. The molecule has 0 rings (SSSR count). The molecule has 1 amide bonds. The van der Waals surface area contributed by atoms with E-state index >= 15 is 0 Å². The first-order chi connectivity index (χ1) is 9.39. The average molecular weight is 287 g/mol.